The van der Waals surface area contributed by atoms with Gasteiger partial charge in [0.2, 0.25) is 10.0 Å². The molecule has 3 N–H and O–H groups in total. The van der Waals surface area contributed by atoms with Crippen molar-refractivity contribution < 1.29 is 23.4 Å². The largest absolute Gasteiger partial charge is 0.478 e. The van der Waals surface area contributed by atoms with Crippen LogP contribution >= 0.6 is 0 Å². The second kappa shape index (κ2) is 9.37. The van der Waals surface area contributed by atoms with E-state index >= 15 is 0 Å². The number of aliphatic hydroxyl groups is 1. The van der Waals surface area contributed by atoms with Crippen LogP contribution in [0.4, 0.5) is 0 Å². The van der Waals surface area contributed by atoms with E-state index in [0.717, 1.165) is 5.56 Å². The Balaban J connectivity index is 2.24. The molecule has 0 fully saturated rings. The summed E-state index contributed by atoms with van der Waals surface area (Å²) >= 11 is 0. The van der Waals surface area contributed by atoms with Gasteiger partial charge in [-0.2, -0.15) is 0 Å². The van der Waals surface area contributed by atoms with Crippen LogP contribution < -0.4 is 4.72 Å². The minimum absolute atomic E-state index is 0.0559. The zero-order chi connectivity index (χ0) is 21.6. The zero-order valence-electron chi connectivity index (χ0n) is 15.9. The van der Waals surface area contributed by atoms with Crippen LogP contribution in [-0.2, 0) is 10.0 Å². The number of rotatable bonds is 6. The Morgan fingerprint density at radius 2 is 1.60 bits per heavy atom. The van der Waals surface area contributed by atoms with Gasteiger partial charge < -0.3 is 10.2 Å². The number of benzene rings is 3. The SMILES string of the molecule is O=C(O)c1cccc(C#Cc2ccccc2)c1-c1ccccc1S(=O)(=O)NCCO. The smallest absolute Gasteiger partial charge is 0.336 e. The first-order valence-corrected chi connectivity index (χ1v) is 10.6. The second-order valence-corrected chi connectivity index (χ2v) is 8.00. The molecule has 3 aromatic rings. The Bertz CT molecular complexity index is 1230. The van der Waals surface area contributed by atoms with E-state index in [1.165, 1.54) is 12.1 Å². The molecule has 3 aromatic carbocycles. The third kappa shape index (κ3) is 4.75. The highest BCUT2D eigenvalue weighted by molar-refractivity contribution is 7.89. The number of nitrogens with one attached hydrogen (secondary N) is 1. The highest BCUT2D eigenvalue weighted by atomic mass is 32.2. The summed E-state index contributed by atoms with van der Waals surface area (Å²) in [6.45, 7) is -0.515. The maximum atomic E-state index is 12.8. The molecule has 0 amide bonds. The van der Waals surface area contributed by atoms with Crippen molar-refractivity contribution in [2.45, 2.75) is 4.90 Å². The summed E-state index contributed by atoms with van der Waals surface area (Å²) in [6, 6.07) is 20.0. The van der Waals surface area contributed by atoms with Gasteiger partial charge in [0.25, 0.3) is 0 Å². The fourth-order valence-corrected chi connectivity index (χ4v) is 4.18. The fraction of sp³-hybridized carbons (Fsp3) is 0.0870. The number of aliphatic hydroxyl groups excluding tert-OH is 1. The van der Waals surface area contributed by atoms with Crippen LogP contribution in [0.2, 0.25) is 0 Å². The predicted octanol–water partition coefficient (Wildman–Crippen LogP) is 2.72. The molecule has 30 heavy (non-hydrogen) atoms. The summed E-state index contributed by atoms with van der Waals surface area (Å²) in [5, 5.41) is 18.7. The molecular weight excluding hydrogens is 402 g/mol. The van der Waals surface area contributed by atoms with Crippen LogP contribution in [0, 0.1) is 11.8 Å². The molecule has 0 aliphatic carbocycles. The van der Waals surface area contributed by atoms with Gasteiger partial charge in [0.05, 0.1) is 17.1 Å². The van der Waals surface area contributed by atoms with Crippen molar-refractivity contribution in [1.29, 1.82) is 0 Å². The lowest BCUT2D eigenvalue weighted by Crippen LogP contribution is -2.27. The van der Waals surface area contributed by atoms with E-state index in [4.69, 9.17) is 5.11 Å². The molecule has 0 unspecified atom stereocenters. The number of aromatic carboxylic acids is 1. The topological polar surface area (TPSA) is 104 Å². The maximum absolute atomic E-state index is 12.8. The lowest BCUT2D eigenvalue weighted by molar-refractivity contribution is 0.0697. The van der Waals surface area contributed by atoms with Crippen molar-refractivity contribution in [3.8, 4) is 23.0 Å². The quantitative estimate of drug-likeness (QED) is 0.531. The molecule has 0 aromatic heterocycles. The number of carboxylic acid groups (broad SMARTS) is 1. The van der Waals surface area contributed by atoms with E-state index in [1.807, 2.05) is 30.3 Å². The van der Waals surface area contributed by atoms with Gasteiger partial charge in [0, 0.05) is 28.8 Å². The Morgan fingerprint density at radius 1 is 0.900 bits per heavy atom. The molecule has 0 atom stereocenters. The number of hydrogen-bond donors (Lipinski definition) is 3. The van der Waals surface area contributed by atoms with Crippen molar-refractivity contribution in [1.82, 2.24) is 4.72 Å². The van der Waals surface area contributed by atoms with Gasteiger partial charge in [-0.05, 0) is 30.3 Å². The van der Waals surface area contributed by atoms with Gasteiger partial charge in [-0.1, -0.05) is 54.3 Å². The summed E-state index contributed by atoms with van der Waals surface area (Å²) in [7, 11) is -3.98. The summed E-state index contributed by atoms with van der Waals surface area (Å²) in [5.41, 5.74) is 1.52. The molecule has 0 saturated heterocycles. The molecule has 0 aliphatic rings. The summed E-state index contributed by atoms with van der Waals surface area (Å²) in [4.78, 5) is 11.8. The van der Waals surface area contributed by atoms with Gasteiger partial charge in [-0.25, -0.2) is 17.9 Å². The minimum Gasteiger partial charge on any atom is -0.478 e. The van der Waals surface area contributed by atoms with Crippen molar-refractivity contribution in [2.75, 3.05) is 13.2 Å². The van der Waals surface area contributed by atoms with Crippen LogP contribution in [0.1, 0.15) is 21.5 Å². The second-order valence-electron chi connectivity index (χ2n) is 6.27. The van der Waals surface area contributed by atoms with Gasteiger partial charge >= 0.3 is 5.97 Å². The normalized spacial score (nSPS) is 10.8. The number of hydrogen-bond acceptors (Lipinski definition) is 4. The lowest BCUT2D eigenvalue weighted by Gasteiger charge is -2.14. The molecule has 0 saturated carbocycles. The van der Waals surface area contributed by atoms with E-state index in [2.05, 4.69) is 16.6 Å². The lowest BCUT2D eigenvalue weighted by atomic mass is 9.94. The third-order valence-corrected chi connectivity index (χ3v) is 5.78. The van der Waals surface area contributed by atoms with Crippen molar-refractivity contribution in [3.63, 3.8) is 0 Å². The number of carbonyl (C=O) groups is 1. The zero-order valence-corrected chi connectivity index (χ0v) is 16.7. The van der Waals surface area contributed by atoms with Gasteiger partial charge in [0.1, 0.15) is 0 Å². The summed E-state index contributed by atoms with van der Waals surface area (Å²) in [5.74, 6) is 4.77. The van der Waals surface area contributed by atoms with Crippen LogP contribution in [0.15, 0.2) is 77.7 Å². The maximum Gasteiger partial charge on any atom is 0.336 e. The van der Waals surface area contributed by atoms with E-state index in [1.54, 1.807) is 30.3 Å². The van der Waals surface area contributed by atoms with Gasteiger partial charge in [0.15, 0.2) is 0 Å². The fourth-order valence-electron chi connectivity index (χ4n) is 2.95. The van der Waals surface area contributed by atoms with Crippen molar-refractivity contribution in [2.24, 2.45) is 0 Å². The molecule has 6 nitrogen and oxygen atoms in total. The van der Waals surface area contributed by atoms with Crippen molar-refractivity contribution in [3.05, 3.63) is 89.5 Å². The Morgan fingerprint density at radius 3 is 2.30 bits per heavy atom. The van der Waals surface area contributed by atoms with Crippen LogP contribution in [0.25, 0.3) is 11.1 Å². The molecule has 0 heterocycles. The number of carboxylic acids is 1. The molecule has 152 valence electrons. The average molecular weight is 421 g/mol. The molecule has 7 heteroatoms. The van der Waals surface area contributed by atoms with Crippen LogP contribution in [-0.4, -0.2) is 37.8 Å². The molecule has 0 bridgehead atoms. The summed E-state index contributed by atoms with van der Waals surface area (Å²) in [6.07, 6.45) is 0. The molecular formula is C23H19NO5S. The van der Waals surface area contributed by atoms with Crippen LogP contribution in [0.3, 0.4) is 0 Å². The van der Waals surface area contributed by atoms with E-state index in [9.17, 15) is 18.3 Å². The van der Waals surface area contributed by atoms with Gasteiger partial charge in [-0.3, -0.25) is 0 Å². The molecule has 0 spiro atoms. The first-order valence-electron chi connectivity index (χ1n) is 9.07. The van der Waals surface area contributed by atoms with E-state index < -0.39 is 16.0 Å². The predicted molar refractivity (Wildman–Crippen MR) is 114 cm³/mol. The monoisotopic (exact) mass is 421 g/mol. The highest BCUT2D eigenvalue weighted by Crippen LogP contribution is 2.33. The third-order valence-electron chi connectivity index (χ3n) is 4.26. The number of sulfonamides is 1. The minimum atomic E-state index is -3.98. The molecule has 0 aliphatic heterocycles. The molecule has 3 rings (SSSR count). The first-order chi connectivity index (χ1) is 14.4. The average Bonchev–Trinajstić information content (AvgIpc) is 2.76. The standard InChI is InChI=1S/C23H19NO5S/c25-16-15-24-30(28,29)21-12-5-4-10-19(21)22-18(9-6-11-20(22)23(26)27)14-13-17-7-2-1-3-8-17/h1-12,24-25H,15-16H2,(H,26,27). The Labute approximate surface area is 174 Å². The highest BCUT2D eigenvalue weighted by Gasteiger charge is 2.23. The Hall–Kier alpha value is -3.44. The Kier molecular flexibility index (Phi) is 6.65. The van der Waals surface area contributed by atoms with Crippen LogP contribution in [0.5, 0.6) is 0 Å². The molecule has 0 radical (unpaired) electrons. The van der Waals surface area contributed by atoms with Gasteiger partial charge in [-0.15, -0.1) is 0 Å². The summed E-state index contributed by atoms with van der Waals surface area (Å²) < 4.78 is 27.8. The van der Waals surface area contributed by atoms with E-state index in [-0.39, 0.29) is 34.7 Å². The van der Waals surface area contributed by atoms with Crippen molar-refractivity contribution >= 4 is 16.0 Å². The first kappa shape index (κ1) is 21.3. The van der Waals surface area contributed by atoms with E-state index in [0.29, 0.717) is 5.56 Å².